The molecule has 2 heterocycles. The van der Waals surface area contributed by atoms with E-state index in [1.165, 1.54) is 6.20 Å². The van der Waals surface area contributed by atoms with E-state index in [9.17, 15) is 18.0 Å². The van der Waals surface area contributed by atoms with E-state index in [1.54, 1.807) is 30.3 Å². The Labute approximate surface area is 171 Å². The summed E-state index contributed by atoms with van der Waals surface area (Å²) in [6, 6.07) is 12.1. The van der Waals surface area contributed by atoms with Crippen LogP contribution in [0.3, 0.4) is 0 Å². The number of fused-ring (bicyclic) bond motifs is 1. The zero-order valence-corrected chi connectivity index (χ0v) is 16.5. The number of nitrogens with one attached hydrogen (secondary N) is 2. The Bertz CT molecular complexity index is 1070. The Morgan fingerprint density at radius 1 is 1.13 bits per heavy atom. The van der Waals surface area contributed by atoms with Gasteiger partial charge in [0.2, 0.25) is 0 Å². The van der Waals surface area contributed by atoms with Crippen molar-refractivity contribution < 1.29 is 18.0 Å². The van der Waals surface area contributed by atoms with Gasteiger partial charge in [-0.05, 0) is 37.1 Å². The molecule has 30 heavy (non-hydrogen) atoms. The van der Waals surface area contributed by atoms with Crippen molar-refractivity contribution in [1.82, 2.24) is 9.78 Å². The van der Waals surface area contributed by atoms with Crippen LogP contribution in [0.25, 0.3) is 0 Å². The Balaban J connectivity index is 1.69. The topological polar surface area (TPSA) is 59.0 Å². The lowest BCUT2D eigenvalue weighted by atomic mass is 9.96. The summed E-state index contributed by atoms with van der Waals surface area (Å²) in [7, 11) is 0. The number of hydrogen-bond acceptors (Lipinski definition) is 3. The normalized spacial score (nSPS) is 18.4. The standard InChI is InChI=1S/C22H21F3N4O/c1-13-6-8-15(9-7-13)18-11-19(22(23,24)25)29-20(28-18)17(12-26-29)21(30)27-16-5-3-4-14(2)10-16/h3-10,12,18-19,28H,11H2,1-2H3,(H,27,30)/t18-,19+/m0/s1. The summed E-state index contributed by atoms with van der Waals surface area (Å²) < 4.78 is 42.2. The van der Waals surface area contributed by atoms with Crippen LogP contribution in [0.15, 0.2) is 54.7 Å². The molecule has 4 rings (SSSR count). The predicted molar refractivity (Wildman–Crippen MR) is 109 cm³/mol. The van der Waals surface area contributed by atoms with Crippen molar-refractivity contribution >= 4 is 17.4 Å². The molecule has 156 valence electrons. The van der Waals surface area contributed by atoms with Crippen molar-refractivity contribution in [2.45, 2.75) is 38.5 Å². The highest BCUT2D eigenvalue weighted by Gasteiger charge is 2.47. The van der Waals surface area contributed by atoms with Crippen LogP contribution in [0.4, 0.5) is 24.7 Å². The van der Waals surface area contributed by atoms with Gasteiger partial charge in [0.1, 0.15) is 11.4 Å². The highest BCUT2D eigenvalue weighted by Crippen LogP contribution is 2.44. The fourth-order valence-electron chi connectivity index (χ4n) is 3.67. The third-order valence-electron chi connectivity index (χ3n) is 5.24. The molecule has 1 aliphatic heterocycles. The van der Waals surface area contributed by atoms with Gasteiger partial charge in [-0.25, -0.2) is 4.68 Å². The van der Waals surface area contributed by atoms with E-state index in [0.29, 0.717) is 5.69 Å². The average Bonchev–Trinajstić information content (AvgIpc) is 3.11. The number of anilines is 2. The van der Waals surface area contributed by atoms with Gasteiger partial charge in [-0.15, -0.1) is 0 Å². The number of carbonyl (C=O) groups is 1. The number of rotatable bonds is 3. The fraction of sp³-hybridized carbons (Fsp3) is 0.273. The lowest BCUT2D eigenvalue weighted by molar-refractivity contribution is -0.173. The first-order chi connectivity index (χ1) is 14.2. The molecule has 1 aromatic heterocycles. The van der Waals surface area contributed by atoms with Gasteiger partial charge in [0.15, 0.2) is 6.04 Å². The van der Waals surface area contributed by atoms with E-state index in [4.69, 9.17) is 0 Å². The van der Waals surface area contributed by atoms with E-state index in [0.717, 1.165) is 21.4 Å². The number of aryl methyl sites for hydroxylation is 2. The van der Waals surface area contributed by atoms with E-state index in [2.05, 4.69) is 15.7 Å². The van der Waals surface area contributed by atoms with Crippen LogP contribution >= 0.6 is 0 Å². The van der Waals surface area contributed by atoms with E-state index in [-0.39, 0.29) is 17.8 Å². The number of halogens is 3. The maximum atomic E-state index is 13.8. The first-order valence-corrected chi connectivity index (χ1v) is 9.58. The van der Waals surface area contributed by atoms with Gasteiger partial charge in [-0.1, -0.05) is 42.0 Å². The van der Waals surface area contributed by atoms with Crippen LogP contribution in [0.2, 0.25) is 0 Å². The molecule has 8 heteroatoms. The van der Waals surface area contributed by atoms with Crippen LogP contribution in [-0.4, -0.2) is 21.9 Å². The molecule has 2 atom stereocenters. The summed E-state index contributed by atoms with van der Waals surface area (Å²) in [5.74, 6) is -0.445. The number of carbonyl (C=O) groups excluding carboxylic acids is 1. The van der Waals surface area contributed by atoms with Crippen LogP contribution in [0, 0.1) is 13.8 Å². The second-order valence-electron chi connectivity index (χ2n) is 7.58. The molecule has 1 aliphatic rings. The minimum atomic E-state index is -4.49. The predicted octanol–water partition coefficient (Wildman–Crippen LogP) is 5.41. The lowest BCUT2D eigenvalue weighted by Gasteiger charge is -2.34. The number of benzene rings is 2. The monoisotopic (exact) mass is 414 g/mol. The van der Waals surface area contributed by atoms with Gasteiger partial charge in [-0.3, -0.25) is 4.79 Å². The zero-order valence-electron chi connectivity index (χ0n) is 16.5. The molecule has 0 bridgehead atoms. The summed E-state index contributed by atoms with van der Waals surface area (Å²) in [6.45, 7) is 3.80. The molecule has 3 aromatic rings. The number of aromatic nitrogens is 2. The summed E-state index contributed by atoms with van der Waals surface area (Å²) in [6.07, 6.45) is -3.51. The van der Waals surface area contributed by atoms with Crippen molar-refractivity contribution in [2.24, 2.45) is 0 Å². The summed E-state index contributed by atoms with van der Waals surface area (Å²) in [4.78, 5) is 12.8. The van der Waals surface area contributed by atoms with Gasteiger partial charge in [0.25, 0.3) is 5.91 Å². The quantitative estimate of drug-likeness (QED) is 0.602. The van der Waals surface area contributed by atoms with E-state index < -0.39 is 24.2 Å². The molecule has 2 aromatic carbocycles. The van der Waals surface area contributed by atoms with Gasteiger partial charge < -0.3 is 10.6 Å². The molecule has 0 spiro atoms. The Morgan fingerprint density at radius 3 is 2.53 bits per heavy atom. The van der Waals surface area contributed by atoms with Crippen molar-refractivity contribution in [3.05, 3.63) is 77.0 Å². The van der Waals surface area contributed by atoms with Gasteiger partial charge in [-0.2, -0.15) is 18.3 Å². The van der Waals surface area contributed by atoms with Gasteiger partial charge in [0.05, 0.1) is 12.2 Å². The minimum Gasteiger partial charge on any atom is -0.363 e. The first kappa shape index (κ1) is 20.0. The number of alkyl halides is 3. The zero-order chi connectivity index (χ0) is 21.5. The maximum Gasteiger partial charge on any atom is 0.410 e. The van der Waals surface area contributed by atoms with E-state index in [1.807, 2.05) is 32.0 Å². The highest BCUT2D eigenvalue weighted by atomic mass is 19.4. The summed E-state index contributed by atoms with van der Waals surface area (Å²) in [5, 5.41) is 9.74. The lowest BCUT2D eigenvalue weighted by Crippen LogP contribution is -2.36. The smallest absolute Gasteiger partial charge is 0.363 e. The summed E-state index contributed by atoms with van der Waals surface area (Å²) in [5.41, 5.74) is 3.35. The third-order valence-corrected chi connectivity index (χ3v) is 5.24. The van der Waals surface area contributed by atoms with Gasteiger partial charge >= 0.3 is 6.18 Å². The van der Waals surface area contributed by atoms with Crippen LogP contribution < -0.4 is 10.6 Å². The molecular formula is C22H21F3N4O. The summed E-state index contributed by atoms with van der Waals surface area (Å²) >= 11 is 0. The van der Waals surface area contributed by atoms with Crippen LogP contribution in [0.1, 0.15) is 45.6 Å². The Kier molecular flexibility index (Phi) is 5.01. The SMILES string of the molecule is Cc1ccc([C@@H]2C[C@H](C(F)(F)F)n3ncc(C(=O)Nc4cccc(C)c4)c3N2)cc1. The highest BCUT2D eigenvalue weighted by molar-refractivity contribution is 6.07. The molecule has 0 saturated carbocycles. The van der Waals surface area contributed by atoms with Crippen molar-refractivity contribution in [3.8, 4) is 0 Å². The third kappa shape index (κ3) is 3.90. The number of nitrogens with zero attached hydrogens (tertiary/aromatic N) is 2. The molecule has 0 fully saturated rings. The molecule has 0 radical (unpaired) electrons. The maximum absolute atomic E-state index is 13.8. The molecule has 2 N–H and O–H groups in total. The molecule has 5 nitrogen and oxygen atoms in total. The van der Waals surface area contributed by atoms with Crippen molar-refractivity contribution in [3.63, 3.8) is 0 Å². The van der Waals surface area contributed by atoms with Crippen LogP contribution in [0.5, 0.6) is 0 Å². The fourth-order valence-corrected chi connectivity index (χ4v) is 3.67. The van der Waals surface area contributed by atoms with Crippen LogP contribution in [-0.2, 0) is 0 Å². The van der Waals surface area contributed by atoms with Gasteiger partial charge in [0, 0.05) is 12.1 Å². The molecule has 0 saturated heterocycles. The molecule has 0 unspecified atom stereocenters. The number of hydrogen-bond donors (Lipinski definition) is 2. The molecular weight excluding hydrogens is 393 g/mol. The first-order valence-electron chi connectivity index (χ1n) is 9.58. The molecule has 1 amide bonds. The second-order valence-corrected chi connectivity index (χ2v) is 7.58. The largest absolute Gasteiger partial charge is 0.410 e. The second kappa shape index (κ2) is 7.51. The van der Waals surface area contributed by atoms with Crippen molar-refractivity contribution in [2.75, 3.05) is 10.6 Å². The molecule has 0 aliphatic carbocycles. The van der Waals surface area contributed by atoms with E-state index >= 15 is 0 Å². The average molecular weight is 414 g/mol. The minimum absolute atomic E-state index is 0.0688. The Hall–Kier alpha value is -3.29. The number of amides is 1. The van der Waals surface area contributed by atoms with Crippen molar-refractivity contribution in [1.29, 1.82) is 0 Å². The Morgan fingerprint density at radius 2 is 1.87 bits per heavy atom.